The van der Waals surface area contributed by atoms with E-state index in [1.807, 2.05) is 0 Å². The van der Waals surface area contributed by atoms with Crippen molar-refractivity contribution in [2.45, 2.75) is 32.3 Å². The summed E-state index contributed by atoms with van der Waals surface area (Å²) in [6, 6.07) is 4.24. The van der Waals surface area contributed by atoms with Gasteiger partial charge in [-0.2, -0.15) is 0 Å². The Hall–Kier alpha value is -1.62. The van der Waals surface area contributed by atoms with Crippen molar-refractivity contribution in [2.24, 2.45) is 5.73 Å². The summed E-state index contributed by atoms with van der Waals surface area (Å²) >= 11 is 0. The fourth-order valence-corrected chi connectivity index (χ4v) is 2.18. The summed E-state index contributed by atoms with van der Waals surface area (Å²) in [5, 5.41) is 0. The van der Waals surface area contributed by atoms with Gasteiger partial charge < -0.3 is 15.4 Å². The van der Waals surface area contributed by atoms with Gasteiger partial charge in [-0.05, 0) is 45.4 Å². The Morgan fingerprint density at radius 3 is 2.79 bits per heavy atom. The molecule has 4 nitrogen and oxygen atoms in total. The van der Waals surface area contributed by atoms with Gasteiger partial charge in [-0.3, -0.25) is 4.79 Å². The number of unbranched alkanes of at least 4 members (excludes halogenated alkanes) is 1. The van der Waals surface area contributed by atoms with Crippen LogP contribution in [0.15, 0.2) is 18.2 Å². The number of ether oxygens (including phenoxy) is 1. The number of fused-ring (bicyclic) bond motifs is 1. The van der Waals surface area contributed by atoms with E-state index in [1.165, 1.54) is 12.1 Å². The van der Waals surface area contributed by atoms with E-state index in [0.29, 0.717) is 24.5 Å². The number of nitrogens with zero attached hydrogens (tertiary/aromatic N) is 1. The number of nitrogens with two attached hydrogens (primary N) is 1. The van der Waals surface area contributed by atoms with E-state index >= 15 is 0 Å². The number of benzene rings is 1. The Balaban J connectivity index is 2.33. The minimum Gasteiger partial charge on any atom is -0.476 e. The SMILES string of the molecule is CC1(C)Oc2ccc(F)cc2N(CCCCN)C1=O. The second-order valence-corrected chi connectivity index (χ2v) is 5.18. The van der Waals surface area contributed by atoms with E-state index < -0.39 is 5.60 Å². The average Bonchev–Trinajstić information content (AvgIpc) is 2.35. The smallest absolute Gasteiger partial charge is 0.270 e. The van der Waals surface area contributed by atoms with Gasteiger partial charge in [-0.1, -0.05) is 0 Å². The summed E-state index contributed by atoms with van der Waals surface area (Å²) in [5.74, 6) is 0.0139. The molecule has 0 unspecified atom stereocenters. The lowest BCUT2D eigenvalue weighted by Crippen LogP contribution is -2.52. The van der Waals surface area contributed by atoms with Crippen LogP contribution in [-0.4, -0.2) is 24.6 Å². The van der Waals surface area contributed by atoms with Gasteiger partial charge in [-0.15, -0.1) is 0 Å². The first kappa shape index (κ1) is 13.8. The standard InChI is InChI=1S/C14H19FN2O2/c1-14(2)13(18)17(8-4-3-7-16)11-9-10(15)5-6-12(11)19-14/h5-6,9H,3-4,7-8,16H2,1-2H3. The zero-order valence-electron chi connectivity index (χ0n) is 11.3. The molecule has 1 aromatic carbocycles. The van der Waals surface area contributed by atoms with Gasteiger partial charge in [-0.25, -0.2) is 4.39 Å². The van der Waals surface area contributed by atoms with Gasteiger partial charge in [0, 0.05) is 12.6 Å². The van der Waals surface area contributed by atoms with Crippen LogP contribution in [0.1, 0.15) is 26.7 Å². The highest BCUT2D eigenvalue weighted by molar-refractivity contribution is 6.02. The Kier molecular flexibility index (Phi) is 3.75. The Bertz CT molecular complexity index is 488. The highest BCUT2D eigenvalue weighted by Crippen LogP contribution is 2.38. The van der Waals surface area contributed by atoms with Crippen LogP contribution in [0.3, 0.4) is 0 Å². The number of rotatable bonds is 4. The molecule has 0 saturated heterocycles. The fourth-order valence-electron chi connectivity index (χ4n) is 2.18. The van der Waals surface area contributed by atoms with E-state index in [-0.39, 0.29) is 11.7 Å². The maximum absolute atomic E-state index is 13.4. The normalized spacial score (nSPS) is 17.1. The number of carbonyl (C=O) groups is 1. The van der Waals surface area contributed by atoms with Crippen molar-refractivity contribution in [3.8, 4) is 5.75 Å². The summed E-state index contributed by atoms with van der Waals surface area (Å²) in [6.45, 7) is 4.55. The molecule has 1 heterocycles. The molecule has 0 saturated carbocycles. The molecule has 2 rings (SSSR count). The third-order valence-corrected chi connectivity index (χ3v) is 3.17. The lowest BCUT2D eigenvalue weighted by Gasteiger charge is -2.38. The average molecular weight is 266 g/mol. The van der Waals surface area contributed by atoms with Crippen molar-refractivity contribution in [3.63, 3.8) is 0 Å². The van der Waals surface area contributed by atoms with Crippen molar-refractivity contribution in [1.82, 2.24) is 0 Å². The number of amides is 1. The zero-order valence-corrected chi connectivity index (χ0v) is 11.3. The summed E-state index contributed by atoms with van der Waals surface area (Å²) in [5.41, 5.74) is 5.04. The largest absolute Gasteiger partial charge is 0.476 e. The number of halogens is 1. The van der Waals surface area contributed by atoms with Crippen LogP contribution in [0.2, 0.25) is 0 Å². The molecule has 0 spiro atoms. The number of hydrogen-bond acceptors (Lipinski definition) is 3. The van der Waals surface area contributed by atoms with Crippen molar-refractivity contribution < 1.29 is 13.9 Å². The number of carbonyl (C=O) groups excluding carboxylic acids is 1. The van der Waals surface area contributed by atoms with Crippen molar-refractivity contribution in [3.05, 3.63) is 24.0 Å². The first-order valence-corrected chi connectivity index (χ1v) is 6.46. The number of anilines is 1. The highest BCUT2D eigenvalue weighted by atomic mass is 19.1. The Morgan fingerprint density at radius 2 is 2.11 bits per heavy atom. The highest BCUT2D eigenvalue weighted by Gasteiger charge is 2.40. The molecule has 2 N–H and O–H groups in total. The molecule has 0 radical (unpaired) electrons. The molecule has 104 valence electrons. The maximum atomic E-state index is 13.4. The fraction of sp³-hybridized carbons (Fsp3) is 0.500. The van der Waals surface area contributed by atoms with Gasteiger partial charge in [0.05, 0.1) is 5.69 Å². The first-order valence-electron chi connectivity index (χ1n) is 6.46. The molecule has 0 bridgehead atoms. The summed E-state index contributed by atoms with van der Waals surface area (Å²) in [7, 11) is 0. The van der Waals surface area contributed by atoms with E-state index in [1.54, 1.807) is 24.8 Å². The van der Waals surface area contributed by atoms with Crippen molar-refractivity contribution in [1.29, 1.82) is 0 Å². The predicted molar refractivity (Wildman–Crippen MR) is 71.7 cm³/mol. The first-order chi connectivity index (χ1) is 8.95. The van der Waals surface area contributed by atoms with Crippen LogP contribution in [0.4, 0.5) is 10.1 Å². The van der Waals surface area contributed by atoms with Gasteiger partial charge in [0.15, 0.2) is 5.60 Å². The third-order valence-electron chi connectivity index (χ3n) is 3.17. The number of hydrogen-bond donors (Lipinski definition) is 1. The molecule has 1 amide bonds. The Morgan fingerprint density at radius 1 is 1.37 bits per heavy atom. The van der Waals surface area contributed by atoms with Crippen LogP contribution < -0.4 is 15.4 Å². The van der Waals surface area contributed by atoms with Crippen LogP contribution in [-0.2, 0) is 4.79 Å². The van der Waals surface area contributed by atoms with Gasteiger partial charge in [0.2, 0.25) is 0 Å². The minimum atomic E-state index is -0.923. The molecule has 1 aromatic rings. The molecule has 0 aromatic heterocycles. The molecule has 0 atom stereocenters. The molecule has 1 aliphatic rings. The summed E-state index contributed by atoms with van der Waals surface area (Å²) in [4.78, 5) is 14.0. The molecular weight excluding hydrogens is 247 g/mol. The van der Waals surface area contributed by atoms with E-state index in [9.17, 15) is 9.18 Å². The quantitative estimate of drug-likeness (QED) is 0.849. The third kappa shape index (κ3) is 2.71. The summed E-state index contributed by atoms with van der Waals surface area (Å²) in [6.07, 6.45) is 1.62. The second-order valence-electron chi connectivity index (χ2n) is 5.18. The van der Waals surface area contributed by atoms with Crippen molar-refractivity contribution in [2.75, 3.05) is 18.0 Å². The maximum Gasteiger partial charge on any atom is 0.270 e. The molecule has 19 heavy (non-hydrogen) atoms. The van der Waals surface area contributed by atoms with Crippen LogP contribution in [0.25, 0.3) is 0 Å². The van der Waals surface area contributed by atoms with Crippen LogP contribution in [0, 0.1) is 5.82 Å². The van der Waals surface area contributed by atoms with Gasteiger partial charge in [0.1, 0.15) is 11.6 Å². The Labute approximate surface area is 112 Å². The van der Waals surface area contributed by atoms with Crippen LogP contribution >= 0.6 is 0 Å². The van der Waals surface area contributed by atoms with Crippen LogP contribution in [0.5, 0.6) is 5.75 Å². The molecule has 1 aliphatic heterocycles. The van der Waals surface area contributed by atoms with E-state index in [4.69, 9.17) is 10.5 Å². The molecule has 0 aliphatic carbocycles. The van der Waals surface area contributed by atoms with E-state index in [0.717, 1.165) is 12.8 Å². The van der Waals surface area contributed by atoms with E-state index in [2.05, 4.69) is 0 Å². The lowest BCUT2D eigenvalue weighted by atomic mass is 10.0. The molecular formula is C14H19FN2O2. The van der Waals surface area contributed by atoms with Gasteiger partial charge >= 0.3 is 0 Å². The zero-order chi connectivity index (χ0) is 14.0. The molecule has 0 fully saturated rings. The van der Waals surface area contributed by atoms with Crippen molar-refractivity contribution >= 4 is 11.6 Å². The topological polar surface area (TPSA) is 55.6 Å². The lowest BCUT2D eigenvalue weighted by molar-refractivity contribution is -0.132. The molecule has 5 heteroatoms. The minimum absolute atomic E-state index is 0.150. The second kappa shape index (κ2) is 5.17. The summed E-state index contributed by atoms with van der Waals surface area (Å²) < 4.78 is 19.0. The van der Waals surface area contributed by atoms with Gasteiger partial charge in [0.25, 0.3) is 5.91 Å². The predicted octanol–water partition coefficient (Wildman–Crippen LogP) is 2.07. The monoisotopic (exact) mass is 266 g/mol.